The molecule has 1 heterocycles. The van der Waals surface area contributed by atoms with Crippen LogP contribution >= 0.6 is 23.2 Å². The average molecular weight is 271 g/mol. The number of benzene rings is 1. The van der Waals surface area contributed by atoms with E-state index < -0.39 is 0 Å². The molecule has 0 amide bonds. The van der Waals surface area contributed by atoms with Crippen LogP contribution in [0.15, 0.2) is 33.2 Å². The SMILES string of the molecule is Cc1[nH][nH]c(=O)c1N=Nc1ccc(Cl)cc1Cl. The van der Waals surface area contributed by atoms with Crippen LogP contribution in [0, 0.1) is 6.92 Å². The predicted molar refractivity (Wildman–Crippen MR) is 66.8 cm³/mol. The molecule has 0 aliphatic rings. The van der Waals surface area contributed by atoms with Crippen molar-refractivity contribution in [2.45, 2.75) is 6.92 Å². The molecule has 0 bridgehead atoms. The number of aryl methyl sites for hydroxylation is 1. The number of hydrogen-bond acceptors (Lipinski definition) is 3. The largest absolute Gasteiger partial charge is 0.300 e. The monoisotopic (exact) mass is 270 g/mol. The first-order chi connectivity index (χ1) is 8.08. The predicted octanol–water partition coefficient (Wildman–Crippen LogP) is 3.73. The summed E-state index contributed by atoms with van der Waals surface area (Å²) in [7, 11) is 0. The molecule has 17 heavy (non-hydrogen) atoms. The summed E-state index contributed by atoms with van der Waals surface area (Å²) in [5.41, 5.74) is 0.979. The lowest BCUT2D eigenvalue weighted by Gasteiger charge is -1.96. The van der Waals surface area contributed by atoms with Gasteiger partial charge in [0.25, 0.3) is 5.56 Å². The molecule has 2 aromatic rings. The Hall–Kier alpha value is -1.59. The summed E-state index contributed by atoms with van der Waals surface area (Å²) < 4.78 is 0. The standard InChI is InChI=1S/C10H8Cl2N4O/c1-5-9(10(17)16-13-5)15-14-8-3-2-6(11)4-7(8)12/h2-4H,1H3,(H2,13,16,17). The highest BCUT2D eigenvalue weighted by atomic mass is 35.5. The van der Waals surface area contributed by atoms with Gasteiger partial charge in [-0.3, -0.25) is 9.89 Å². The molecule has 0 spiro atoms. The van der Waals surface area contributed by atoms with Gasteiger partial charge in [-0.15, -0.1) is 10.2 Å². The van der Waals surface area contributed by atoms with Gasteiger partial charge in [0.15, 0.2) is 5.69 Å². The Morgan fingerprint density at radius 1 is 1.18 bits per heavy atom. The summed E-state index contributed by atoms with van der Waals surface area (Å²) in [6, 6.07) is 4.84. The Bertz CT molecular complexity index is 629. The Morgan fingerprint density at radius 3 is 2.53 bits per heavy atom. The fraction of sp³-hybridized carbons (Fsp3) is 0.100. The molecule has 2 rings (SSSR count). The Balaban J connectivity index is 2.36. The summed E-state index contributed by atoms with van der Waals surface area (Å²) in [6.45, 7) is 1.72. The molecule has 1 aromatic heterocycles. The molecule has 0 radical (unpaired) electrons. The second kappa shape index (κ2) is 4.73. The van der Waals surface area contributed by atoms with Crippen LogP contribution in [0.25, 0.3) is 0 Å². The Morgan fingerprint density at radius 2 is 1.94 bits per heavy atom. The van der Waals surface area contributed by atoms with E-state index in [-0.39, 0.29) is 11.2 Å². The minimum Gasteiger partial charge on any atom is -0.300 e. The van der Waals surface area contributed by atoms with Gasteiger partial charge in [-0.25, -0.2) is 0 Å². The van der Waals surface area contributed by atoms with Crippen molar-refractivity contribution >= 4 is 34.6 Å². The van der Waals surface area contributed by atoms with E-state index in [0.717, 1.165) is 0 Å². The van der Waals surface area contributed by atoms with E-state index in [1.807, 2.05) is 0 Å². The maximum absolute atomic E-state index is 11.3. The van der Waals surface area contributed by atoms with Crippen LogP contribution < -0.4 is 5.56 Å². The third-order valence-corrected chi connectivity index (χ3v) is 2.64. The van der Waals surface area contributed by atoms with Crippen molar-refractivity contribution in [3.8, 4) is 0 Å². The quantitative estimate of drug-likeness (QED) is 0.802. The van der Waals surface area contributed by atoms with Crippen LogP contribution in [0.2, 0.25) is 10.0 Å². The van der Waals surface area contributed by atoms with Gasteiger partial charge in [0, 0.05) is 5.02 Å². The molecular weight excluding hydrogens is 263 g/mol. The number of halogens is 2. The molecule has 5 nitrogen and oxygen atoms in total. The zero-order chi connectivity index (χ0) is 12.4. The van der Waals surface area contributed by atoms with Crippen molar-refractivity contribution in [3.63, 3.8) is 0 Å². The van der Waals surface area contributed by atoms with E-state index in [0.29, 0.717) is 21.4 Å². The van der Waals surface area contributed by atoms with Crippen molar-refractivity contribution in [3.05, 3.63) is 44.3 Å². The van der Waals surface area contributed by atoms with Crippen LogP contribution in [-0.2, 0) is 0 Å². The third-order valence-electron chi connectivity index (χ3n) is 2.10. The molecule has 0 aliphatic heterocycles. The van der Waals surface area contributed by atoms with E-state index >= 15 is 0 Å². The highest BCUT2D eigenvalue weighted by Crippen LogP contribution is 2.29. The van der Waals surface area contributed by atoms with Crippen LogP contribution in [0.4, 0.5) is 11.4 Å². The fourth-order valence-corrected chi connectivity index (χ4v) is 1.67. The molecule has 0 unspecified atom stereocenters. The first-order valence-electron chi connectivity index (χ1n) is 4.72. The van der Waals surface area contributed by atoms with Gasteiger partial charge in [-0.05, 0) is 25.1 Å². The first kappa shape index (κ1) is 11.9. The molecular formula is C10H8Cl2N4O. The molecule has 0 fully saturated rings. The molecule has 0 saturated heterocycles. The van der Waals surface area contributed by atoms with Gasteiger partial charge < -0.3 is 5.10 Å². The second-order valence-corrected chi connectivity index (χ2v) is 4.19. The van der Waals surface area contributed by atoms with Crippen molar-refractivity contribution < 1.29 is 0 Å². The summed E-state index contributed by atoms with van der Waals surface area (Å²) in [5.74, 6) is 0. The van der Waals surface area contributed by atoms with Crippen LogP contribution in [0.5, 0.6) is 0 Å². The maximum atomic E-state index is 11.3. The topological polar surface area (TPSA) is 73.4 Å². The molecule has 0 aliphatic carbocycles. The minimum absolute atomic E-state index is 0.232. The number of H-pyrrole nitrogens is 2. The summed E-state index contributed by atoms with van der Waals surface area (Å²) in [4.78, 5) is 11.3. The van der Waals surface area contributed by atoms with E-state index in [1.165, 1.54) is 0 Å². The van der Waals surface area contributed by atoms with Crippen LogP contribution in [0.3, 0.4) is 0 Å². The number of aromatic nitrogens is 2. The normalized spacial score (nSPS) is 11.2. The zero-order valence-electron chi connectivity index (χ0n) is 8.79. The minimum atomic E-state index is -0.323. The number of nitrogens with zero attached hydrogens (tertiary/aromatic N) is 2. The lowest BCUT2D eigenvalue weighted by Crippen LogP contribution is -1.96. The number of azo groups is 1. The third kappa shape index (κ3) is 2.57. The maximum Gasteiger partial charge on any atom is 0.291 e. The van der Waals surface area contributed by atoms with Gasteiger partial charge in [0.05, 0.1) is 10.7 Å². The van der Waals surface area contributed by atoms with E-state index in [2.05, 4.69) is 20.4 Å². The lowest BCUT2D eigenvalue weighted by molar-refractivity contribution is 1.02. The molecule has 88 valence electrons. The van der Waals surface area contributed by atoms with Crippen molar-refractivity contribution in [2.75, 3.05) is 0 Å². The second-order valence-electron chi connectivity index (χ2n) is 3.35. The van der Waals surface area contributed by atoms with E-state index in [4.69, 9.17) is 23.2 Å². The van der Waals surface area contributed by atoms with Crippen molar-refractivity contribution in [1.82, 2.24) is 10.2 Å². The summed E-state index contributed by atoms with van der Waals surface area (Å²) in [6.07, 6.45) is 0. The van der Waals surface area contributed by atoms with Crippen LogP contribution in [-0.4, -0.2) is 10.2 Å². The number of aromatic amines is 2. The molecule has 1 aromatic carbocycles. The number of rotatable bonds is 2. The van der Waals surface area contributed by atoms with Gasteiger partial charge >= 0.3 is 0 Å². The van der Waals surface area contributed by atoms with E-state index in [1.54, 1.807) is 25.1 Å². The lowest BCUT2D eigenvalue weighted by atomic mass is 10.3. The highest BCUT2D eigenvalue weighted by Gasteiger charge is 2.05. The Kier molecular flexibility index (Phi) is 3.31. The van der Waals surface area contributed by atoms with Gasteiger partial charge in [-0.2, -0.15) is 0 Å². The van der Waals surface area contributed by atoms with Gasteiger partial charge in [0.2, 0.25) is 0 Å². The highest BCUT2D eigenvalue weighted by molar-refractivity contribution is 6.36. The van der Waals surface area contributed by atoms with Crippen molar-refractivity contribution in [1.29, 1.82) is 0 Å². The van der Waals surface area contributed by atoms with E-state index in [9.17, 15) is 4.79 Å². The van der Waals surface area contributed by atoms with Gasteiger partial charge in [0.1, 0.15) is 5.69 Å². The van der Waals surface area contributed by atoms with Crippen LogP contribution in [0.1, 0.15) is 5.69 Å². The zero-order valence-corrected chi connectivity index (χ0v) is 10.3. The number of hydrogen-bond donors (Lipinski definition) is 2. The fourth-order valence-electron chi connectivity index (χ4n) is 1.23. The average Bonchev–Trinajstić information content (AvgIpc) is 2.58. The summed E-state index contributed by atoms with van der Waals surface area (Å²) in [5, 5.41) is 13.7. The molecule has 0 atom stereocenters. The van der Waals surface area contributed by atoms with Crippen molar-refractivity contribution in [2.24, 2.45) is 10.2 Å². The first-order valence-corrected chi connectivity index (χ1v) is 5.47. The molecule has 7 heteroatoms. The molecule has 2 N–H and O–H groups in total. The smallest absolute Gasteiger partial charge is 0.291 e. The van der Waals surface area contributed by atoms with Gasteiger partial charge in [-0.1, -0.05) is 23.2 Å². The Labute approximate surface area is 106 Å². The number of nitrogens with one attached hydrogen (secondary N) is 2. The summed E-state index contributed by atoms with van der Waals surface area (Å²) >= 11 is 11.7. The molecule has 0 saturated carbocycles.